The summed E-state index contributed by atoms with van der Waals surface area (Å²) in [4.78, 5) is 13.5. The number of benzene rings is 1. The van der Waals surface area contributed by atoms with Gasteiger partial charge in [0.05, 0.1) is 19.9 Å². The Bertz CT molecular complexity index is 669. The molecular formula is C16H20N2O5. The second-order valence-corrected chi connectivity index (χ2v) is 5.24. The fourth-order valence-electron chi connectivity index (χ4n) is 2.57. The Balaban J connectivity index is 2.45. The molecule has 7 heteroatoms. The average molecular weight is 320 g/mol. The highest BCUT2D eigenvalue weighted by Gasteiger charge is 2.30. The highest BCUT2D eigenvalue weighted by molar-refractivity contribution is 5.77. The van der Waals surface area contributed by atoms with Crippen molar-refractivity contribution in [3.05, 3.63) is 41.3 Å². The smallest absolute Gasteiger partial charge is 0.325 e. The standard InChI is InChI=1S/C16H20N2O5/c1-10-7-12(15(22-4)13(8-10)21-3)14(16(19)20)18(2)9-11-5-6-23-17-11/h5-8,14H,9H2,1-4H3,(H,19,20)/t14-/m1/s1. The predicted octanol–water partition coefficient (Wildman–Crippen LogP) is 2.26. The minimum atomic E-state index is -0.984. The molecule has 23 heavy (non-hydrogen) atoms. The number of aryl methyl sites for hydroxylation is 1. The van der Waals surface area contributed by atoms with Crippen LogP contribution in [0.3, 0.4) is 0 Å². The maximum atomic E-state index is 11.9. The van der Waals surface area contributed by atoms with Gasteiger partial charge in [-0.05, 0) is 31.7 Å². The van der Waals surface area contributed by atoms with E-state index in [1.54, 1.807) is 30.1 Å². The van der Waals surface area contributed by atoms with Crippen LogP contribution in [0.15, 0.2) is 29.0 Å². The van der Waals surface area contributed by atoms with E-state index in [2.05, 4.69) is 5.16 Å². The summed E-state index contributed by atoms with van der Waals surface area (Å²) in [5.41, 5.74) is 2.07. The zero-order valence-corrected chi connectivity index (χ0v) is 13.6. The monoisotopic (exact) mass is 320 g/mol. The van der Waals surface area contributed by atoms with Crippen LogP contribution in [0, 0.1) is 6.92 Å². The lowest BCUT2D eigenvalue weighted by Crippen LogP contribution is -2.31. The molecule has 2 aromatic rings. The van der Waals surface area contributed by atoms with Crippen LogP contribution in [0.5, 0.6) is 11.5 Å². The van der Waals surface area contributed by atoms with E-state index < -0.39 is 12.0 Å². The third-order valence-electron chi connectivity index (χ3n) is 3.52. The Morgan fingerprint density at radius 2 is 2.13 bits per heavy atom. The summed E-state index contributed by atoms with van der Waals surface area (Å²) in [6.07, 6.45) is 1.45. The number of hydrogen-bond acceptors (Lipinski definition) is 6. The normalized spacial score (nSPS) is 12.2. The van der Waals surface area contributed by atoms with Gasteiger partial charge in [-0.3, -0.25) is 9.69 Å². The lowest BCUT2D eigenvalue weighted by Gasteiger charge is -2.26. The lowest BCUT2D eigenvalue weighted by atomic mass is 10.0. The Morgan fingerprint density at radius 3 is 2.65 bits per heavy atom. The molecule has 124 valence electrons. The van der Waals surface area contributed by atoms with Crippen molar-refractivity contribution < 1.29 is 23.9 Å². The van der Waals surface area contributed by atoms with Crippen LogP contribution in [0.2, 0.25) is 0 Å². The molecule has 0 bridgehead atoms. The molecule has 0 unspecified atom stereocenters. The molecule has 1 aromatic heterocycles. The van der Waals surface area contributed by atoms with Crippen LogP contribution < -0.4 is 9.47 Å². The van der Waals surface area contributed by atoms with Crippen molar-refractivity contribution in [1.82, 2.24) is 10.1 Å². The maximum Gasteiger partial charge on any atom is 0.325 e. The number of rotatable bonds is 7. The number of nitrogens with zero attached hydrogens (tertiary/aromatic N) is 2. The summed E-state index contributed by atoms with van der Waals surface area (Å²) >= 11 is 0. The first kappa shape index (κ1) is 16.8. The molecule has 2 rings (SSSR count). The molecule has 0 radical (unpaired) electrons. The first-order valence-corrected chi connectivity index (χ1v) is 7.02. The average Bonchev–Trinajstić information content (AvgIpc) is 2.99. The second kappa shape index (κ2) is 7.15. The Hall–Kier alpha value is -2.54. The van der Waals surface area contributed by atoms with Crippen LogP contribution >= 0.6 is 0 Å². The number of ether oxygens (including phenoxy) is 2. The van der Waals surface area contributed by atoms with E-state index in [9.17, 15) is 9.90 Å². The van der Waals surface area contributed by atoms with Crippen LogP contribution in [0.1, 0.15) is 22.9 Å². The molecule has 0 fully saturated rings. The predicted molar refractivity (Wildman–Crippen MR) is 82.6 cm³/mol. The molecule has 0 saturated carbocycles. The van der Waals surface area contributed by atoms with E-state index in [1.165, 1.54) is 20.5 Å². The Morgan fingerprint density at radius 1 is 1.39 bits per heavy atom. The van der Waals surface area contributed by atoms with Gasteiger partial charge in [-0.25, -0.2) is 0 Å². The first-order chi connectivity index (χ1) is 11.0. The highest BCUT2D eigenvalue weighted by atomic mass is 16.5. The third-order valence-corrected chi connectivity index (χ3v) is 3.52. The molecule has 0 aliphatic heterocycles. The number of hydrogen-bond donors (Lipinski definition) is 1. The molecule has 0 aliphatic rings. The van der Waals surface area contributed by atoms with Crippen LogP contribution in [-0.2, 0) is 11.3 Å². The van der Waals surface area contributed by atoms with Gasteiger partial charge in [0.15, 0.2) is 11.5 Å². The van der Waals surface area contributed by atoms with Gasteiger partial charge in [-0.2, -0.15) is 0 Å². The number of likely N-dealkylation sites (N-methyl/N-ethyl adjacent to an activating group) is 1. The van der Waals surface area contributed by atoms with Crippen LogP contribution in [-0.4, -0.2) is 42.4 Å². The molecule has 7 nitrogen and oxygen atoms in total. The minimum absolute atomic E-state index is 0.326. The van der Waals surface area contributed by atoms with E-state index in [4.69, 9.17) is 14.0 Å². The van der Waals surface area contributed by atoms with Gasteiger partial charge in [0.1, 0.15) is 12.3 Å². The van der Waals surface area contributed by atoms with Gasteiger partial charge in [-0.1, -0.05) is 5.16 Å². The minimum Gasteiger partial charge on any atom is -0.493 e. The van der Waals surface area contributed by atoms with Crippen molar-refractivity contribution in [2.24, 2.45) is 0 Å². The van der Waals surface area contributed by atoms with E-state index in [0.29, 0.717) is 29.3 Å². The Labute approximate surface area is 134 Å². The largest absolute Gasteiger partial charge is 0.493 e. The first-order valence-electron chi connectivity index (χ1n) is 7.02. The highest BCUT2D eigenvalue weighted by Crippen LogP contribution is 2.38. The van der Waals surface area contributed by atoms with E-state index in [1.807, 2.05) is 6.92 Å². The van der Waals surface area contributed by atoms with Crippen LogP contribution in [0.25, 0.3) is 0 Å². The van der Waals surface area contributed by atoms with Crippen molar-refractivity contribution in [1.29, 1.82) is 0 Å². The van der Waals surface area contributed by atoms with Crippen molar-refractivity contribution in [2.45, 2.75) is 19.5 Å². The quantitative estimate of drug-likeness (QED) is 0.837. The third kappa shape index (κ3) is 3.62. The molecule has 1 atom stereocenters. The van der Waals surface area contributed by atoms with Gasteiger partial charge in [0, 0.05) is 18.2 Å². The van der Waals surface area contributed by atoms with E-state index in [0.717, 1.165) is 5.56 Å². The summed E-state index contributed by atoms with van der Waals surface area (Å²) in [5, 5.41) is 13.5. The molecule has 0 saturated heterocycles. The number of carboxylic acids is 1. The van der Waals surface area contributed by atoms with Crippen molar-refractivity contribution in [3.8, 4) is 11.5 Å². The number of aromatic nitrogens is 1. The van der Waals surface area contributed by atoms with Gasteiger partial charge in [0.25, 0.3) is 0 Å². The fourth-order valence-corrected chi connectivity index (χ4v) is 2.57. The number of carbonyl (C=O) groups is 1. The molecule has 0 amide bonds. The summed E-state index contributed by atoms with van der Waals surface area (Å²) in [7, 11) is 4.73. The summed E-state index contributed by atoms with van der Waals surface area (Å²) in [6.45, 7) is 2.20. The summed E-state index contributed by atoms with van der Waals surface area (Å²) < 4.78 is 15.5. The van der Waals surface area contributed by atoms with Gasteiger partial charge >= 0.3 is 5.97 Å². The number of carboxylic acid groups (broad SMARTS) is 1. The number of aliphatic carboxylic acids is 1. The van der Waals surface area contributed by atoms with Crippen LogP contribution in [0.4, 0.5) is 0 Å². The number of methoxy groups -OCH3 is 2. The molecule has 1 heterocycles. The van der Waals surface area contributed by atoms with E-state index >= 15 is 0 Å². The lowest BCUT2D eigenvalue weighted by molar-refractivity contribution is -0.143. The summed E-state index contributed by atoms with van der Waals surface area (Å²) in [6, 6.07) is 4.39. The zero-order valence-electron chi connectivity index (χ0n) is 13.6. The molecular weight excluding hydrogens is 300 g/mol. The topological polar surface area (TPSA) is 85.0 Å². The molecule has 1 N–H and O–H groups in total. The van der Waals surface area contributed by atoms with Gasteiger partial charge < -0.3 is 19.1 Å². The summed E-state index contributed by atoms with van der Waals surface area (Å²) in [5.74, 6) is -0.0666. The molecule has 0 aliphatic carbocycles. The second-order valence-electron chi connectivity index (χ2n) is 5.24. The fraction of sp³-hybridized carbons (Fsp3) is 0.375. The van der Waals surface area contributed by atoms with E-state index in [-0.39, 0.29) is 0 Å². The molecule has 1 aromatic carbocycles. The van der Waals surface area contributed by atoms with Crippen molar-refractivity contribution in [2.75, 3.05) is 21.3 Å². The Kier molecular flexibility index (Phi) is 5.23. The van der Waals surface area contributed by atoms with Crippen molar-refractivity contribution in [3.63, 3.8) is 0 Å². The van der Waals surface area contributed by atoms with Crippen molar-refractivity contribution >= 4 is 5.97 Å². The maximum absolute atomic E-state index is 11.9. The van der Waals surface area contributed by atoms with Gasteiger partial charge in [0.2, 0.25) is 0 Å². The SMILES string of the molecule is COc1cc(C)cc([C@H](C(=O)O)N(C)Cc2ccon2)c1OC. The zero-order chi connectivity index (χ0) is 17.0. The molecule has 0 spiro atoms. The van der Waals surface area contributed by atoms with Gasteiger partial charge in [-0.15, -0.1) is 0 Å².